The van der Waals surface area contributed by atoms with Crippen molar-refractivity contribution in [2.45, 2.75) is 31.8 Å². The zero-order valence-electron chi connectivity index (χ0n) is 8.93. The lowest BCUT2D eigenvalue weighted by Crippen LogP contribution is -2.47. The maximum absolute atomic E-state index is 11.3. The Morgan fingerprint density at radius 1 is 1.56 bits per heavy atom. The summed E-state index contributed by atoms with van der Waals surface area (Å²) in [5.74, 6) is -0.263. The molecule has 1 fully saturated rings. The summed E-state index contributed by atoms with van der Waals surface area (Å²) >= 11 is 1.18. The van der Waals surface area contributed by atoms with E-state index in [4.69, 9.17) is 11.5 Å². The van der Waals surface area contributed by atoms with Crippen LogP contribution < -0.4 is 11.5 Å². The first-order valence-corrected chi connectivity index (χ1v) is 6.06. The lowest BCUT2D eigenvalue weighted by atomic mass is 10.0. The zero-order valence-corrected chi connectivity index (χ0v) is 9.74. The number of piperidine rings is 1. The molecule has 0 bridgehead atoms. The number of hydrogen-bond donors (Lipinski definition) is 2. The van der Waals surface area contributed by atoms with Crippen molar-refractivity contribution in [3.63, 3.8) is 0 Å². The van der Waals surface area contributed by atoms with E-state index in [2.05, 4.69) is 9.59 Å². The number of amides is 1. The molecule has 2 heterocycles. The van der Waals surface area contributed by atoms with Crippen LogP contribution in [0.4, 0.5) is 5.00 Å². The predicted octanol–water partition coefficient (Wildman–Crippen LogP) is -0.0399. The van der Waals surface area contributed by atoms with Gasteiger partial charge in [-0.2, -0.15) is 0 Å². The third-order valence-electron chi connectivity index (χ3n) is 2.88. The van der Waals surface area contributed by atoms with Gasteiger partial charge in [0.15, 0.2) is 0 Å². The van der Waals surface area contributed by atoms with Crippen LogP contribution in [0.5, 0.6) is 0 Å². The fourth-order valence-corrected chi connectivity index (χ4v) is 2.46. The lowest BCUT2D eigenvalue weighted by Gasteiger charge is -2.32. The molecule has 0 aromatic carbocycles. The van der Waals surface area contributed by atoms with Gasteiger partial charge in [0.05, 0.1) is 6.04 Å². The predicted molar refractivity (Wildman–Crippen MR) is 61.6 cm³/mol. The van der Waals surface area contributed by atoms with Gasteiger partial charge in [-0.3, -0.25) is 9.69 Å². The van der Waals surface area contributed by atoms with Gasteiger partial charge in [0.25, 0.3) is 0 Å². The monoisotopic (exact) mass is 241 g/mol. The number of primary amides is 1. The summed E-state index contributed by atoms with van der Waals surface area (Å²) in [6.45, 7) is 1.43. The Kier molecular flexibility index (Phi) is 3.35. The molecule has 6 nitrogen and oxygen atoms in total. The molecule has 0 radical (unpaired) electrons. The fraction of sp³-hybridized carbons (Fsp3) is 0.667. The van der Waals surface area contributed by atoms with Crippen LogP contribution >= 0.6 is 11.5 Å². The van der Waals surface area contributed by atoms with Gasteiger partial charge in [-0.25, -0.2) is 0 Å². The molecule has 0 spiro atoms. The molecule has 0 saturated carbocycles. The molecule has 1 aliphatic heterocycles. The Morgan fingerprint density at radius 3 is 3.00 bits per heavy atom. The van der Waals surface area contributed by atoms with Gasteiger partial charge >= 0.3 is 0 Å². The molecule has 7 heteroatoms. The van der Waals surface area contributed by atoms with Crippen LogP contribution in [0.3, 0.4) is 0 Å². The molecule has 1 aliphatic rings. The number of hydrogen-bond acceptors (Lipinski definition) is 6. The Hall–Kier alpha value is -1.21. The van der Waals surface area contributed by atoms with E-state index in [0.717, 1.165) is 31.5 Å². The summed E-state index contributed by atoms with van der Waals surface area (Å²) in [6.07, 6.45) is 2.96. The highest BCUT2D eigenvalue weighted by molar-refractivity contribution is 7.09. The second-order valence-corrected chi connectivity index (χ2v) is 4.75. The van der Waals surface area contributed by atoms with Gasteiger partial charge in [0, 0.05) is 18.1 Å². The molecule has 4 N–H and O–H groups in total. The molecular formula is C9H15N5OS. The van der Waals surface area contributed by atoms with Gasteiger partial charge in [-0.05, 0) is 19.4 Å². The molecule has 1 saturated heterocycles. The standard InChI is InChI=1S/C9H15N5OS/c10-8(15)7-3-1-2-4-14(7)5-6-9(11)16-13-12-6/h7H,1-5,11H2,(H2,10,15). The molecule has 1 aromatic rings. The van der Waals surface area contributed by atoms with Gasteiger partial charge in [0.1, 0.15) is 10.7 Å². The Labute approximate surface area is 97.8 Å². The molecule has 0 aliphatic carbocycles. The molecule has 1 aromatic heterocycles. The third kappa shape index (κ3) is 2.30. The van der Waals surface area contributed by atoms with E-state index in [1.165, 1.54) is 11.5 Å². The maximum Gasteiger partial charge on any atom is 0.234 e. The Balaban J connectivity index is 2.07. The molecule has 16 heavy (non-hydrogen) atoms. The van der Waals surface area contributed by atoms with E-state index >= 15 is 0 Å². The van der Waals surface area contributed by atoms with Crippen molar-refractivity contribution in [1.29, 1.82) is 0 Å². The molecule has 2 rings (SSSR count). The van der Waals surface area contributed by atoms with Crippen LogP contribution in [0.1, 0.15) is 25.0 Å². The number of carbonyl (C=O) groups is 1. The normalized spacial score (nSPS) is 22.1. The number of nitrogens with two attached hydrogens (primary N) is 2. The number of nitrogens with zero attached hydrogens (tertiary/aromatic N) is 3. The van der Waals surface area contributed by atoms with E-state index in [0.29, 0.717) is 11.5 Å². The Morgan fingerprint density at radius 2 is 2.38 bits per heavy atom. The van der Waals surface area contributed by atoms with Crippen molar-refractivity contribution in [2.24, 2.45) is 5.73 Å². The SMILES string of the molecule is NC(=O)C1CCCCN1Cc1nnsc1N. The van der Waals surface area contributed by atoms with E-state index < -0.39 is 0 Å². The fourth-order valence-electron chi connectivity index (χ4n) is 2.02. The zero-order chi connectivity index (χ0) is 11.5. The van der Waals surface area contributed by atoms with E-state index in [-0.39, 0.29) is 11.9 Å². The number of rotatable bonds is 3. The summed E-state index contributed by atoms with van der Waals surface area (Å²) in [5, 5.41) is 4.57. The summed E-state index contributed by atoms with van der Waals surface area (Å²) in [7, 11) is 0. The van der Waals surface area contributed by atoms with Gasteiger partial charge in [-0.1, -0.05) is 10.9 Å². The topological polar surface area (TPSA) is 98.1 Å². The first kappa shape index (κ1) is 11.3. The number of anilines is 1. The largest absolute Gasteiger partial charge is 0.388 e. The molecule has 88 valence electrons. The number of carbonyl (C=O) groups excluding carboxylic acids is 1. The minimum atomic E-state index is -0.263. The van der Waals surface area contributed by atoms with E-state index in [1.54, 1.807) is 0 Å². The average molecular weight is 241 g/mol. The highest BCUT2D eigenvalue weighted by Gasteiger charge is 2.27. The van der Waals surface area contributed by atoms with Crippen molar-refractivity contribution in [2.75, 3.05) is 12.3 Å². The summed E-state index contributed by atoms with van der Waals surface area (Å²) in [5.41, 5.74) is 11.9. The number of likely N-dealkylation sites (tertiary alicyclic amines) is 1. The quantitative estimate of drug-likeness (QED) is 0.773. The van der Waals surface area contributed by atoms with Crippen LogP contribution in [0, 0.1) is 0 Å². The highest BCUT2D eigenvalue weighted by atomic mass is 32.1. The molecule has 1 amide bonds. The second kappa shape index (κ2) is 4.75. The van der Waals surface area contributed by atoms with Gasteiger partial charge < -0.3 is 11.5 Å². The number of nitrogen functional groups attached to an aromatic ring is 1. The van der Waals surface area contributed by atoms with Gasteiger partial charge in [-0.15, -0.1) is 5.10 Å². The van der Waals surface area contributed by atoms with Gasteiger partial charge in [0.2, 0.25) is 5.91 Å². The summed E-state index contributed by atoms with van der Waals surface area (Å²) < 4.78 is 3.78. The van der Waals surface area contributed by atoms with Crippen molar-refractivity contribution < 1.29 is 4.79 Å². The summed E-state index contributed by atoms with van der Waals surface area (Å²) in [4.78, 5) is 13.3. The van der Waals surface area contributed by atoms with Crippen LogP contribution in [0.25, 0.3) is 0 Å². The minimum absolute atomic E-state index is 0.185. The smallest absolute Gasteiger partial charge is 0.234 e. The van der Waals surface area contributed by atoms with Crippen LogP contribution in [0.15, 0.2) is 0 Å². The first-order chi connectivity index (χ1) is 7.68. The second-order valence-electron chi connectivity index (χ2n) is 3.97. The van der Waals surface area contributed by atoms with Crippen LogP contribution in [0.2, 0.25) is 0 Å². The lowest BCUT2D eigenvalue weighted by molar-refractivity contribution is -0.124. The molecular weight excluding hydrogens is 226 g/mol. The average Bonchev–Trinajstić information content (AvgIpc) is 2.65. The van der Waals surface area contributed by atoms with Crippen molar-refractivity contribution in [3.8, 4) is 0 Å². The van der Waals surface area contributed by atoms with E-state index in [1.807, 2.05) is 4.90 Å². The Bertz CT molecular complexity index is 380. The minimum Gasteiger partial charge on any atom is -0.388 e. The maximum atomic E-state index is 11.3. The third-order valence-corrected chi connectivity index (χ3v) is 3.48. The van der Waals surface area contributed by atoms with Crippen LogP contribution in [-0.4, -0.2) is 33.0 Å². The van der Waals surface area contributed by atoms with Crippen molar-refractivity contribution >= 4 is 22.4 Å². The number of aromatic nitrogens is 2. The van der Waals surface area contributed by atoms with Crippen LogP contribution in [-0.2, 0) is 11.3 Å². The summed E-state index contributed by atoms with van der Waals surface area (Å²) in [6, 6.07) is -0.185. The van der Waals surface area contributed by atoms with Crippen molar-refractivity contribution in [1.82, 2.24) is 14.5 Å². The first-order valence-electron chi connectivity index (χ1n) is 5.28. The highest BCUT2D eigenvalue weighted by Crippen LogP contribution is 2.21. The molecule has 1 atom stereocenters. The van der Waals surface area contributed by atoms with Crippen molar-refractivity contribution in [3.05, 3.63) is 5.69 Å². The van der Waals surface area contributed by atoms with E-state index in [9.17, 15) is 4.79 Å². The molecule has 1 unspecified atom stereocenters.